The van der Waals surface area contributed by atoms with Crippen LogP contribution in [0.1, 0.15) is 66.2 Å². The minimum atomic E-state index is -2.52. The number of unbranched alkanes of at least 4 members (excludes halogenated alkanes) is 5. The zero-order valence-corrected chi connectivity index (χ0v) is 30.9. The van der Waals surface area contributed by atoms with Gasteiger partial charge in [-0.3, -0.25) is 0 Å². The van der Waals surface area contributed by atoms with Crippen LogP contribution in [-0.2, 0) is 37.6 Å². The molecule has 0 saturated heterocycles. The molecule has 2 aromatic rings. The molecule has 0 atom stereocenters. The number of hydrogen-bond donors (Lipinski definition) is 0. The molecule has 0 spiro atoms. The monoisotopic (exact) mass is 676 g/mol. The van der Waals surface area contributed by atoms with Crippen LogP contribution in [-0.4, -0.2) is 107 Å². The molecule has 2 rings (SSSR count). The van der Waals surface area contributed by atoms with Gasteiger partial charge in [0, 0.05) is 6.61 Å². The molecule has 0 aliphatic heterocycles. The highest BCUT2D eigenvalue weighted by atomic mass is 28.4. The summed E-state index contributed by atoms with van der Waals surface area (Å²) in [5.74, 6) is 0. The average molecular weight is 677 g/mol. The smallest absolute Gasteiger partial charge is 0.261 e. The van der Waals surface area contributed by atoms with Gasteiger partial charge in [0.2, 0.25) is 0 Å². The molecule has 0 aliphatic rings. The minimum Gasteiger partial charge on any atom is -0.405 e. The Morgan fingerprint density at radius 1 is 0.404 bits per heavy atom. The highest BCUT2D eigenvalue weighted by molar-refractivity contribution is 6.99. The third-order valence-electron chi connectivity index (χ3n) is 7.84. The van der Waals surface area contributed by atoms with Gasteiger partial charge in [0.1, 0.15) is 0 Å². The molecule has 0 saturated carbocycles. The number of benzene rings is 2. The van der Waals surface area contributed by atoms with Crippen molar-refractivity contribution in [3.05, 3.63) is 60.7 Å². The van der Waals surface area contributed by atoms with Crippen LogP contribution in [0.3, 0.4) is 0 Å². The molecule has 0 amide bonds. The van der Waals surface area contributed by atoms with E-state index in [1.54, 1.807) is 0 Å². The Bertz CT molecular complexity index is 918. The lowest BCUT2D eigenvalue weighted by atomic mass is 10.1. The topological polar surface area (TPSA) is 73.8 Å². The van der Waals surface area contributed by atoms with Crippen LogP contribution in [0.2, 0.25) is 5.04 Å². The fourth-order valence-corrected chi connectivity index (χ4v) is 9.97. The molecule has 0 radical (unpaired) electrons. The van der Waals surface area contributed by atoms with E-state index in [9.17, 15) is 0 Å². The zero-order chi connectivity index (χ0) is 33.7. The maximum Gasteiger partial charge on any atom is 0.261 e. The quantitative estimate of drug-likeness (QED) is 0.0708. The molecular weight excluding hydrogens is 612 g/mol. The first-order valence-electron chi connectivity index (χ1n) is 17.8. The van der Waals surface area contributed by atoms with Gasteiger partial charge in [0.15, 0.2) is 0 Å². The molecule has 0 heterocycles. The van der Waals surface area contributed by atoms with Gasteiger partial charge in [-0.15, -0.1) is 0 Å². The fourth-order valence-electron chi connectivity index (χ4n) is 5.42. The first-order chi connectivity index (χ1) is 23.0. The summed E-state index contributed by atoms with van der Waals surface area (Å²) in [6.07, 6.45) is 7.70. The van der Waals surface area contributed by atoms with Gasteiger partial charge in [-0.1, -0.05) is 120 Å². The van der Waals surface area contributed by atoms with Gasteiger partial charge >= 0.3 is 0 Å². The average Bonchev–Trinajstić information content (AvgIpc) is 3.08. The maximum absolute atomic E-state index is 6.85. The van der Waals surface area contributed by atoms with Crippen molar-refractivity contribution in [2.24, 2.45) is 0 Å². The van der Waals surface area contributed by atoms with E-state index in [1.807, 2.05) is 0 Å². The zero-order valence-electron chi connectivity index (χ0n) is 29.9. The van der Waals surface area contributed by atoms with E-state index >= 15 is 0 Å². The standard InChI is InChI=1S/C38H64O8Si/c1-5-6-7-8-9-16-21-39-22-23-40-24-25-41-26-27-42-28-29-43-30-31-44-32-33-45-34-35-46-47(38(2,3)4,36-17-12-10-13-18-36)37-19-14-11-15-20-37/h10-15,17-20H,5-9,16,21-35H2,1-4H3. The molecule has 8 nitrogen and oxygen atoms in total. The van der Waals surface area contributed by atoms with Gasteiger partial charge in [0.05, 0.1) is 92.5 Å². The predicted molar refractivity (Wildman–Crippen MR) is 193 cm³/mol. The van der Waals surface area contributed by atoms with E-state index in [4.69, 9.17) is 37.6 Å². The number of ether oxygens (including phenoxy) is 7. The van der Waals surface area contributed by atoms with E-state index in [0.717, 1.165) is 13.0 Å². The Morgan fingerprint density at radius 3 is 1.09 bits per heavy atom. The third-order valence-corrected chi connectivity index (χ3v) is 12.9. The van der Waals surface area contributed by atoms with Crippen LogP contribution in [0, 0.1) is 0 Å². The summed E-state index contributed by atoms with van der Waals surface area (Å²) < 4.78 is 46.2. The second-order valence-electron chi connectivity index (χ2n) is 12.6. The summed E-state index contributed by atoms with van der Waals surface area (Å²) >= 11 is 0. The van der Waals surface area contributed by atoms with Gasteiger partial charge < -0.3 is 37.6 Å². The number of rotatable bonds is 31. The number of hydrogen-bond acceptors (Lipinski definition) is 8. The third kappa shape index (κ3) is 18.1. The first-order valence-corrected chi connectivity index (χ1v) is 19.7. The van der Waals surface area contributed by atoms with E-state index in [-0.39, 0.29) is 5.04 Å². The summed E-state index contributed by atoms with van der Waals surface area (Å²) in [7, 11) is -2.52. The maximum atomic E-state index is 6.85. The van der Waals surface area contributed by atoms with Gasteiger partial charge in [-0.05, 0) is 21.8 Å². The highest BCUT2D eigenvalue weighted by Gasteiger charge is 2.49. The van der Waals surface area contributed by atoms with Gasteiger partial charge in [-0.25, -0.2) is 0 Å². The predicted octanol–water partition coefficient (Wildman–Crippen LogP) is 6.04. The largest absolute Gasteiger partial charge is 0.405 e. The lowest BCUT2D eigenvalue weighted by Gasteiger charge is -2.43. The molecule has 0 aromatic heterocycles. The van der Waals surface area contributed by atoms with Crippen LogP contribution >= 0.6 is 0 Å². The van der Waals surface area contributed by atoms with Crippen LogP contribution in [0.25, 0.3) is 0 Å². The molecule has 47 heavy (non-hydrogen) atoms. The van der Waals surface area contributed by atoms with Crippen molar-refractivity contribution in [2.45, 2.75) is 71.3 Å². The summed E-state index contributed by atoms with van der Waals surface area (Å²) in [5.41, 5.74) is 0. The highest BCUT2D eigenvalue weighted by Crippen LogP contribution is 2.36. The lowest BCUT2D eigenvalue weighted by molar-refractivity contribution is -0.0213. The summed E-state index contributed by atoms with van der Waals surface area (Å²) in [4.78, 5) is 0. The van der Waals surface area contributed by atoms with Gasteiger partial charge in [0.25, 0.3) is 8.32 Å². The molecule has 9 heteroatoms. The van der Waals surface area contributed by atoms with E-state index in [2.05, 4.69) is 88.4 Å². The van der Waals surface area contributed by atoms with Crippen molar-refractivity contribution >= 4 is 18.7 Å². The summed E-state index contributed by atoms with van der Waals surface area (Å²) in [6.45, 7) is 17.6. The molecule has 0 N–H and O–H groups in total. The van der Waals surface area contributed by atoms with Crippen LogP contribution < -0.4 is 10.4 Å². The van der Waals surface area contributed by atoms with Crippen LogP contribution in [0.4, 0.5) is 0 Å². The van der Waals surface area contributed by atoms with Crippen molar-refractivity contribution in [2.75, 3.05) is 99.1 Å². The first kappa shape index (κ1) is 41.5. The Kier molecular flexibility index (Phi) is 24.0. The van der Waals surface area contributed by atoms with Crippen LogP contribution in [0.15, 0.2) is 60.7 Å². The second kappa shape index (κ2) is 27.2. The van der Waals surface area contributed by atoms with Crippen molar-refractivity contribution in [3.8, 4) is 0 Å². The molecular formula is C38H64O8Si. The molecule has 268 valence electrons. The summed E-state index contributed by atoms with van der Waals surface area (Å²) in [6, 6.07) is 21.3. The SMILES string of the molecule is CCCCCCCCOCCOCCOCCOCCOCCOCCOCCO[Si](c1ccccc1)(c1ccccc1)C(C)(C)C. The molecule has 0 aliphatic carbocycles. The van der Waals surface area contributed by atoms with Crippen molar-refractivity contribution < 1.29 is 37.6 Å². The normalized spacial score (nSPS) is 12.2. The second-order valence-corrected chi connectivity index (χ2v) is 16.9. The Hall–Kier alpha value is -1.66. The van der Waals surface area contributed by atoms with Gasteiger partial charge in [-0.2, -0.15) is 0 Å². The van der Waals surface area contributed by atoms with E-state index < -0.39 is 8.32 Å². The molecule has 0 fully saturated rings. The molecule has 0 unspecified atom stereocenters. The Morgan fingerprint density at radius 2 is 0.723 bits per heavy atom. The fraction of sp³-hybridized carbons (Fsp3) is 0.684. The van der Waals surface area contributed by atoms with Crippen molar-refractivity contribution in [1.29, 1.82) is 0 Å². The molecule has 0 bridgehead atoms. The Balaban J connectivity index is 1.38. The minimum absolute atomic E-state index is 0.0463. The van der Waals surface area contributed by atoms with Crippen molar-refractivity contribution in [3.63, 3.8) is 0 Å². The van der Waals surface area contributed by atoms with Crippen LogP contribution in [0.5, 0.6) is 0 Å². The van der Waals surface area contributed by atoms with E-state index in [0.29, 0.717) is 92.5 Å². The Labute approximate surface area is 286 Å². The molecule has 2 aromatic carbocycles. The van der Waals surface area contributed by atoms with Crippen molar-refractivity contribution in [1.82, 2.24) is 0 Å². The lowest BCUT2D eigenvalue weighted by Crippen LogP contribution is -2.66. The van der Waals surface area contributed by atoms with E-state index in [1.165, 1.54) is 42.5 Å². The summed E-state index contributed by atoms with van der Waals surface area (Å²) in [5, 5.41) is 2.50.